The molecule has 0 bridgehead atoms. The van der Waals surface area contributed by atoms with E-state index in [0.717, 1.165) is 39.1 Å². The van der Waals surface area contributed by atoms with Gasteiger partial charge in [0.15, 0.2) is 0 Å². The minimum absolute atomic E-state index is 0.663. The first-order valence-electron chi connectivity index (χ1n) is 12.3. The molecule has 4 rings (SSSR count). The van der Waals surface area contributed by atoms with E-state index in [0.29, 0.717) is 12.1 Å². The molecular weight excluding hydrogens is 370 g/mol. The molecule has 5 heteroatoms. The van der Waals surface area contributed by atoms with Gasteiger partial charge in [0.25, 0.3) is 0 Å². The van der Waals surface area contributed by atoms with Crippen molar-refractivity contribution in [2.75, 3.05) is 44.2 Å². The van der Waals surface area contributed by atoms with Gasteiger partial charge >= 0.3 is 0 Å². The SMILES string of the molecule is CCCCC(C)N1CCN(c2ccc3c(c2)nc2n3CCN(C(C)CC)CC2)CC1. The zero-order valence-electron chi connectivity index (χ0n) is 19.6. The Bertz CT molecular complexity index is 820. The molecule has 0 saturated carbocycles. The first kappa shape index (κ1) is 21.6. The highest BCUT2D eigenvalue weighted by atomic mass is 15.3. The Balaban J connectivity index is 1.42. The highest BCUT2D eigenvalue weighted by Gasteiger charge is 2.23. The molecular formula is C25H41N5. The van der Waals surface area contributed by atoms with Crippen molar-refractivity contribution in [2.45, 2.75) is 78.4 Å². The van der Waals surface area contributed by atoms with Crippen LogP contribution < -0.4 is 4.90 Å². The highest BCUT2D eigenvalue weighted by Crippen LogP contribution is 2.26. The number of unbranched alkanes of at least 4 members (excludes halogenated alkanes) is 1. The maximum atomic E-state index is 5.06. The number of hydrogen-bond acceptors (Lipinski definition) is 4. The standard InChI is InChI=1S/C25H41N5/c1-5-7-8-21(4)28-13-15-29(16-14-28)22-9-10-24-23(19-22)26-25-11-12-27(20(3)6-2)17-18-30(24)25/h9-10,19-21H,5-8,11-18H2,1-4H3. The maximum absolute atomic E-state index is 5.06. The van der Waals surface area contributed by atoms with Crippen molar-refractivity contribution < 1.29 is 0 Å². The second kappa shape index (κ2) is 9.69. The van der Waals surface area contributed by atoms with Crippen molar-refractivity contribution in [3.8, 4) is 0 Å². The van der Waals surface area contributed by atoms with E-state index in [1.807, 2.05) is 0 Å². The summed E-state index contributed by atoms with van der Waals surface area (Å²) < 4.78 is 2.47. The number of aromatic nitrogens is 2. The summed E-state index contributed by atoms with van der Waals surface area (Å²) in [6.45, 7) is 17.2. The van der Waals surface area contributed by atoms with E-state index in [-0.39, 0.29) is 0 Å². The largest absolute Gasteiger partial charge is 0.369 e. The van der Waals surface area contributed by atoms with E-state index >= 15 is 0 Å². The molecule has 166 valence electrons. The van der Waals surface area contributed by atoms with Crippen molar-refractivity contribution in [3.05, 3.63) is 24.0 Å². The maximum Gasteiger partial charge on any atom is 0.111 e. The molecule has 1 aromatic carbocycles. The minimum atomic E-state index is 0.663. The Kier molecular flexibility index (Phi) is 6.99. The molecule has 2 unspecified atom stereocenters. The van der Waals surface area contributed by atoms with Gasteiger partial charge in [-0.3, -0.25) is 9.80 Å². The van der Waals surface area contributed by atoms with Crippen LogP contribution in [0, 0.1) is 0 Å². The van der Waals surface area contributed by atoms with Crippen LogP contribution >= 0.6 is 0 Å². The lowest BCUT2D eigenvalue weighted by Gasteiger charge is -2.39. The molecule has 2 aliphatic rings. The van der Waals surface area contributed by atoms with Crippen LogP contribution in [0.5, 0.6) is 0 Å². The highest BCUT2D eigenvalue weighted by molar-refractivity contribution is 5.80. The van der Waals surface area contributed by atoms with E-state index in [2.05, 4.69) is 65.2 Å². The predicted octanol–water partition coefficient (Wildman–Crippen LogP) is 4.39. The summed E-state index contributed by atoms with van der Waals surface area (Å²) in [6.07, 6.45) is 6.25. The van der Waals surface area contributed by atoms with Gasteiger partial charge in [0.05, 0.1) is 11.0 Å². The lowest BCUT2D eigenvalue weighted by Crippen LogP contribution is -2.49. The molecule has 2 aromatic rings. The van der Waals surface area contributed by atoms with Crippen LogP contribution in [0.15, 0.2) is 18.2 Å². The van der Waals surface area contributed by atoms with E-state index in [1.54, 1.807) is 0 Å². The number of hydrogen-bond donors (Lipinski definition) is 0. The number of imidazole rings is 1. The lowest BCUT2D eigenvalue weighted by atomic mass is 10.1. The molecule has 0 spiro atoms. The average Bonchev–Trinajstić information content (AvgIpc) is 3.00. The van der Waals surface area contributed by atoms with Gasteiger partial charge in [0.2, 0.25) is 0 Å². The topological polar surface area (TPSA) is 27.5 Å². The fourth-order valence-electron chi connectivity index (χ4n) is 5.19. The van der Waals surface area contributed by atoms with Gasteiger partial charge in [0.1, 0.15) is 5.82 Å². The van der Waals surface area contributed by atoms with Gasteiger partial charge in [0, 0.05) is 70.0 Å². The summed E-state index contributed by atoms with van der Waals surface area (Å²) in [4.78, 5) is 12.9. The predicted molar refractivity (Wildman–Crippen MR) is 128 cm³/mol. The average molecular weight is 412 g/mol. The molecule has 0 radical (unpaired) electrons. The van der Waals surface area contributed by atoms with Crippen LogP contribution in [-0.2, 0) is 13.0 Å². The van der Waals surface area contributed by atoms with E-state index in [9.17, 15) is 0 Å². The summed E-state index contributed by atoms with van der Waals surface area (Å²) in [6, 6.07) is 8.35. The van der Waals surface area contributed by atoms with Gasteiger partial charge in [-0.2, -0.15) is 0 Å². The molecule has 1 saturated heterocycles. The normalized spacial score (nSPS) is 20.9. The number of anilines is 1. The second-order valence-electron chi connectivity index (χ2n) is 9.41. The Labute approximate surface area is 183 Å². The molecule has 0 aliphatic carbocycles. The number of benzene rings is 1. The molecule has 30 heavy (non-hydrogen) atoms. The summed E-state index contributed by atoms with van der Waals surface area (Å²) >= 11 is 0. The van der Waals surface area contributed by atoms with Gasteiger partial charge < -0.3 is 9.47 Å². The van der Waals surface area contributed by atoms with Gasteiger partial charge in [-0.25, -0.2) is 4.98 Å². The lowest BCUT2D eigenvalue weighted by molar-refractivity contribution is 0.186. The van der Waals surface area contributed by atoms with Crippen LogP contribution in [0.25, 0.3) is 11.0 Å². The Morgan fingerprint density at radius 2 is 1.63 bits per heavy atom. The minimum Gasteiger partial charge on any atom is -0.369 e. The first-order chi connectivity index (χ1) is 14.6. The molecule has 5 nitrogen and oxygen atoms in total. The Morgan fingerprint density at radius 1 is 0.900 bits per heavy atom. The summed E-state index contributed by atoms with van der Waals surface area (Å²) in [7, 11) is 0. The Hall–Kier alpha value is -1.59. The second-order valence-corrected chi connectivity index (χ2v) is 9.41. The molecule has 2 atom stereocenters. The van der Waals surface area contributed by atoms with Gasteiger partial charge in [-0.1, -0.05) is 26.7 Å². The van der Waals surface area contributed by atoms with Crippen molar-refractivity contribution in [1.29, 1.82) is 0 Å². The van der Waals surface area contributed by atoms with Crippen molar-refractivity contribution >= 4 is 16.7 Å². The van der Waals surface area contributed by atoms with Crippen LogP contribution in [-0.4, -0.2) is 70.7 Å². The number of piperazine rings is 1. The van der Waals surface area contributed by atoms with Crippen LogP contribution in [0.3, 0.4) is 0 Å². The molecule has 0 N–H and O–H groups in total. The van der Waals surface area contributed by atoms with E-state index in [4.69, 9.17) is 4.98 Å². The molecule has 1 fully saturated rings. The monoisotopic (exact) mass is 411 g/mol. The fraction of sp³-hybridized carbons (Fsp3) is 0.720. The molecule has 0 amide bonds. The van der Waals surface area contributed by atoms with Crippen LogP contribution in [0.4, 0.5) is 5.69 Å². The summed E-state index contributed by atoms with van der Waals surface area (Å²) in [5.41, 5.74) is 3.84. The molecule has 1 aromatic heterocycles. The fourth-order valence-corrected chi connectivity index (χ4v) is 5.19. The number of rotatable bonds is 7. The molecule has 3 heterocycles. The van der Waals surface area contributed by atoms with Crippen molar-refractivity contribution in [2.24, 2.45) is 0 Å². The Morgan fingerprint density at radius 3 is 2.37 bits per heavy atom. The summed E-state index contributed by atoms with van der Waals surface area (Å²) in [5, 5.41) is 0. The quantitative estimate of drug-likeness (QED) is 0.675. The number of fused-ring (bicyclic) bond motifs is 3. The first-order valence-corrected chi connectivity index (χ1v) is 12.3. The third kappa shape index (κ3) is 4.52. The number of nitrogens with zero attached hydrogens (tertiary/aromatic N) is 5. The zero-order chi connectivity index (χ0) is 21.1. The van der Waals surface area contributed by atoms with Gasteiger partial charge in [-0.15, -0.1) is 0 Å². The van der Waals surface area contributed by atoms with E-state index < -0.39 is 0 Å². The van der Waals surface area contributed by atoms with Crippen molar-refractivity contribution in [3.63, 3.8) is 0 Å². The summed E-state index contributed by atoms with van der Waals surface area (Å²) in [5.74, 6) is 1.27. The smallest absolute Gasteiger partial charge is 0.111 e. The zero-order valence-corrected chi connectivity index (χ0v) is 19.6. The van der Waals surface area contributed by atoms with E-state index in [1.165, 1.54) is 61.3 Å². The van der Waals surface area contributed by atoms with Gasteiger partial charge in [-0.05, 0) is 44.9 Å². The third-order valence-corrected chi connectivity index (χ3v) is 7.54. The molecule has 2 aliphatic heterocycles. The third-order valence-electron chi connectivity index (χ3n) is 7.54. The van der Waals surface area contributed by atoms with Crippen LogP contribution in [0.1, 0.15) is 59.2 Å². The van der Waals surface area contributed by atoms with Crippen molar-refractivity contribution in [1.82, 2.24) is 19.4 Å². The van der Waals surface area contributed by atoms with Crippen LogP contribution in [0.2, 0.25) is 0 Å².